The molecule has 2 heterocycles. The molecule has 12 heteroatoms. The van der Waals surface area contributed by atoms with Crippen LogP contribution in [0.25, 0.3) is 5.69 Å². The number of non-ortho nitro benzene ring substituents is 1. The molecular formula is C28H26N4O8. The first-order valence-corrected chi connectivity index (χ1v) is 12.1. The summed E-state index contributed by atoms with van der Waals surface area (Å²) in [6.07, 6.45) is -0.0973. The van der Waals surface area contributed by atoms with Crippen LogP contribution >= 0.6 is 0 Å². The summed E-state index contributed by atoms with van der Waals surface area (Å²) < 4.78 is 18.8. The van der Waals surface area contributed by atoms with Gasteiger partial charge < -0.3 is 23.6 Å². The van der Waals surface area contributed by atoms with Crippen LogP contribution in [0.15, 0.2) is 76.2 Å². The molecule has 12 nitrogen and oxygen atoms in total. The van der Waals surface area contributed by atoms with Crippen molar-refractivity contribution in [2.75, 3.05) is 0 Å². The quantitative estimate of drug-likeness (QED) is 0.154. The third-order valence-electron chi connectivity index (χ3n) is 5.86. The van der Waals surface area contributed by atoms with Crippen LogP contribution in [-0.2, 0) is 11.4 Å². The van der Waals surface area contributed by atoms with E-state index in [1.807, 2.05) is 38.1 Å². The SMILES string of the molecule is Cc1ccc(C)n1-c1ccc(OCc2ccc(C(=O)N/N=C/c3cc([N+](=O)[O-])ccc3O[C@H](C)C(=O)O)o2)cc1. The summed E-state index contributed by atoms with van der Waals surface area (Å²) in [5.41, 5.74) is 5.38. The monoisotopic (exact) mass is 546 g/mol. The second-order valence-corrected chi connectivity index (χ2v) is 8.78. The molecule has 0 aliphatic carbocycles. The zero-order chi connectivity index (χ0) is 28.8. The average Bonchev–Trinajstić information content (AvgIpc) is 3.54. The van der Waals surface area contributed by atoms with Gasteiger partial charge in [0.25, 0.3) is 5.69 Å². The van der Waals surface area contributed by atoms with Crippen LogP contribution in [0, 0.1) is 24.0 Å². The van der Waals surface area contributed by atoms with Crippen molar-refractivity contribution in [2.24, 2.45) is 5.10 Å². The number of benzene rings is 2. The Bertz CT molecular complexity index is 1550. The lowest BCUT2D eigenvalue weighted by molar-refractivity contribution is -0.384. The number of furan rings is 1. The molecule has 1 amide bonds. The van der Waals surface area contributed by atoms with Gasteiger partial charge in [0.15, 0.2) is 11.9 Å². The van der Waals surface area contributed by atoms with Crippen molar-refractivity contribution in [3.05, 3.63) is 105 Å². The first kappa shape index (κ1) is 27.6. The van der Waals surface area contributed by atoms with E-state index in [0.717, 1.165) is 29.4 Å². The van der Waals surface area contributed by atoms with Crippen molar-refractivity contribution in [3.63, 3.8) is 0 Å². The van der Waals surface area contributed by atoms with Crippen LogP contribution in [0.3, 0.4) is 0 Å². The summed E-state index contributed by atoms with van der Waals surface area (Å²) in [5, 5.41) is 24.0. The fourth-order valence-electron chi connectivity index (χ4n) is 3.81. The number of aryl methyl sites for hydroxylation is 2. The molecule has 4 aromatic rings. The minimum atomic E-state index is -1.22. The van der Waals surface area contributed by atoms with Gasteiger partial charge in [0, 0.05) is 34.8 Å². The molecule has 2 aromatic heterocycles. The standard InChI is InChI=1S/C28H26N4O8/c1-17-4-5-18(2)31(17)21-6-9-23(10-7-21)38-16-24-11-13-26(40-24)27(33)30-29-15-20-14-22(32(36)37)8-12-25(20)39-19(3)28(34)35/h4-15,19H,16H2,1-3H3,(H,30,33)(H,34,35)/b29-15+/t19-/m1/s1. The van der Waals surface area contributed by atoms with E-state index >= 15 is 0 Å². The second-order valence-electron chi connectivity index (χ2n) is 8.78. The Labute approximate surface area is 228 Å². The van der Waals surface area contributed by atoms with Crippen molar-refractivity contribution in [3.8, 4) is 17.2 Å². The molecule has 1 atom stereocenters. The third-order valence-corrected chi connectivity index (χ3v) is 5.86. The molecule has 0 radical (unpaired) electrons. The summed E-state index contributed by atoms with van der Waals surface area (Å²) in [5.74, 6) is -0.831. The van der Waals surface area contributed by atoms with Crippen LogP contribution in [-0.4, -0.2) is 38.8 Å². The molecule has 0 unspecified atom stereocenters. The number of nitrogens with zero attached hydrogens (tertiary/aromatic N) is 3. The van der Waals surface area contributed by atoms with Gasteiger partial charge in [-0.2, -0.15) is 5.10 Å². The van der Waals surface area contributed by atoms with Crippen LogP contribution in [0.1, 0.15) is 40.2 Å². The number of carbonyl (C=O) groups excluding carboxylic acids is 1. The minimum Gasteiger partial charge on any atom is -0.486 e. The number of nitro groups is 1. The van der Waals surface area contributed by atoms with Gasteiger partial charge in [-0.15, -0.1) is 0 Å². The largest absolute Gasteiger partial charge is 0.486 e. The van der Waals surface area contributed by atoms with E-state index in [1.165, 1.54) is 25.1 Å². The Morgan fingerprint density at radius 1 is 1.10 bits per heavy atom. The summed E-state index contributed by atoms with van der Waals surface area (Å²) in [6.45, 7) is 5.48. The molecule has 2 N–H and O–H groups in total. The summed E-state index contributed by atoms with van der Waals surface area (Å²) in [7, 11) is 0. The predicted molar refractivity (Wildman–Crippen MR) is 144 cm³/mol. The topological polar surface area (TPSA) is 158 Å². The number of aliphatic carboxylic acids is 1. The van der Waals surface area contributed by atoms with E-state index in [1.54, 1.807) is 6.07 Å². The smallest absolute Gasteiger partial charge is 0.344 e. The number of nitrogens with one attached hydrogen (secondary N) is 1. The van der Waals surface area contributed by atoms with E-state index in [9.17, 15) is 19.7 Å². The van der Waals surface area contributed by atoms with Crippen molar-refractivity contribution in [1.29, 1.82) is 0 Å². The highest BCUT2D eigenvalue weighted by atomic mass is 16.6. The van der Waals surface area contributed by atoms with Gasteiger partial charge in [0.1, 0.15) is 23.9 Å². The molecule has 40 heavy (non-hydrogen) atoms. The lowest BCUT2D eigenvalue weighted by Crippen LogP contribution is -2.23. The zero-order valence-corrected chi connectivity index (χ0v) is 21.9. The highest BCUT2D eigenvalue weighted by Gasteiger charge is 2.17. The van der Waals surface area contributed by atoms with E-state index < -0.39 is 22.9 Å². The molecule has 0 fully saturated rings. The van der Waals surface area contributed by atoms with Crippen molar-refractivity contribution >= 4 is 23.8 Å². The van der Waals surface area contributed by atoms with E-state index in [4.69, 9.17) is 19.0 Å². The van der Waals surface area contributed by atoms with Gasteiger partial charge in [-0.3, -0.25) is 14.9 Å². The predicted octanol–water partition coefficient (Wildman–Crippen LogP) is 4.79. The highest BCUT2D eigenvalue weighted by Crippen LogP contribution is 2.24. The Morgan fingerprint density at radius 3 is 2.45 bits per heavy atom. The third kappa shape index (κ3) is 6.54. The van der Waals surface area contributed by atoms with Crippen LogP contribution in [0.2, 0.25) is 0 Å². The summed E-state index contributed by atoms with van der Waals surface area (Å²) in [6, 6.07) is 18.3. The Morgan fingerprint density at radius 2 is 1.80 bits per heavy atom. The Hall–Kier alpha value is -5.39. The van der Waals surface area contributed by atoms with Gasteiger partial charge in [0.2, 0.25) is 0 Å². The van der Waals surface area contributed by atoms with Crippen LogP contribution in [0.4, 0.5) is 5.69 Å². The number of ether oxygens (including phenoxy) is 2. The van der Waals surface area contributed by atoms with Crippen molar-refractivity contribution in [1.82, 2.24) is 9.99 Å². The average molecular weight is 547 g/mol. The zero-order valence-electron chi connectivity index (χ0n) is 21.9. The van der Waals surface area contributed by atoms with Gasteiger partial charge in [-0.25, -0.2) is 10.2 Å². The number of carboxylic acids is 1. The lowest BCUT2D eigenvalue weighted by Gasteiger charge is -2.12. The summed E-state index contributed by atoms with van der Waals surface area (Å²) >= 11 is 0. The fourth-order valence-corrected chi connectivity index (χ4v) is 3.81. The number of carbonyl (C=O) groups is 2. The molecule has 0 aliphatic rings. The summed E-state index contributed by atoms with van der Waals surface area (Å²) in [4.78, 5) is 34.1. The number of aromatic nitrogens is 1. The molecule has 0 aliphatic heterocycles. The molecule has 2 aromatic carbocycles. The molecule has 0 spiro atoms. The maximum absolute atomic E-state index is 12.5. The first-order valence-electron chi connectivity index (χ1n) is 12.1. The fraction of sp³-hybridized carbons (Fsp3) is 0.179. The second kappa shape index (κ2) is 12.0. The number of hydrazone groups is 1. The number of hydrogen-bond donors (Lipinski definition) is 2. The highest BCUT2D eigenvalue weighted by molar-refractivity contribution is 5.93. The molecule has 0 saturated carbocycles. The normalized spacial score (nSPS) is 11.8. The van der Waals surface area contributed by atoms with E-state index in [-0.39, 0.29) is 29.4 Å². The number of nitro benzene ring substituents is 1. The molecular weight excluding hydrogens is 520 g/mol. The van der Waals surface area contributed by atoms with Gasteiger partial charge >= 0.3 is 11.9 Å². The van der Waals surface area contributed by atoms with E-state index in [2.05, 4.69) is 27.2 Å². The Kier molecular flexibility index (Phi) is 8.28. The number of rotatable bonds is 11. The number of hydrogen-bond acceptors (Lipinski definition) is 8. The van der Waals surface area contributed by atoms with Crippen molar-refractivity contribution < 1.29 is 33.5 Å². The van der Waals surface area contributed by atoms with Crippen LogP contribution < -0.4 is 14.9 Å². The number of carboxylic acid groups (broad SMARTS) is 1. The molecule has 0 bridgehead atoms. The van der Waals surface area contributed by atoms with Crippen LogP contribution in [0.5, 0.6) is 11.5 Å². The van der Waals surface area contributed by atoms with E-state index in [0.29, 0.717) is 11.5 Å². The molecule has 0 saturated heterocycles. The minimum absolute atomic E-state index is 0.0281. The van der Waals surface area contributed by atoms with Gasteiger partial charge in [-0.1, -0.05) is 0 Å². The van der Waals surface area contributed by atoms with Gasteiger partial charge in [0.05, 0.1) is 11.1 Å². The number of amides is 1. The molecule has 4 rings (SSSR count). The van der Waals surface area contributed by atoms with Crippen molar-refractivity contribution in [2.45, 2.75) is 33.5 Å². The first-order chi connectivity index (χ1) is 19.1. The molecule has 206 valence electrons. The lowest BCUT2D eigenvalue weighted by atomic mass is 10.2. The Balaban J connectivity index is 1.36. The maximum atomic E-state index is 12.5. The van der Waals surface area contributed by atoms with Gasteiger partial charge in [-0.05, 0) is 75.4 Å². The maximum Gasteiger partial charge on any atom is 0.344 e.